The molecule has 0 heterocycles. The summed E-state index contributed by atoms with van der Waals surface area (Å²) in [7, 11) is 4.20. The van der Waals surface area contributed by atoms with E-state index in [0.29, 0.717) is 0 Å². The molecule has 1 saturated carbocycles. The van der Waals surface area contributed by atoms with E-state index in [1.165, 1.54) is 30.5 Å². The Kier molecular flexibility index (Phi) is 3.27. The van der Waals surface area contributed by atoms with Crippen LogP contribution >= 0.6 is 0 Å². The molecule has 1 fully saturated rings. The van der Waals surface area contributed by atoms with E-state index in [0.717, 1.165) is 12.6 Å². The van der Waals surface area contributed by atoms with E-state index in [4.69, 9.17) is 0 Å². The topological polar surface area (TPSA) is 15.3 Å². The first kappa shape index (κ1) is 10.5. The Morgan fingerprint density at radius 1 is 1.40 bits per heavy atom. The Morgan fingerprint density at radius 3 is 2.80 bits per heavy atom. The fourth-order valence-corrected chi connectivity index (χ4v) is 2.07. The van der Waals surface area contributed by atoms with Gasteiger partial charge >= 0.3 is 0 Å². The average molecular weight is 204 g/mol. The van der Waals surface area contributed by atoms with Crippen molar-refractivity contribution >= 4 is 5.69 Å². The van der Waals surface area contributed by atoms with Gasteiger partial charge < -0.3 is 5.32 Å². The minimum atomic E-state index is 0.822. The van der Waals surface area contributed by atoms with Crippen molar-refractivity contribution in [2.24, 2.45) is 0 Å². The number of nitrogens with one attached hydrogen (secondary N) is 1. The van der Waals surface area contributed by atoms with Crippen LogP contribution in [-0.2, 0) is 6.54 Å². The standard InChI is InChI=1S/C13H20N2/c1-14-12-6-3-5-11(9-12)10-15(2)13-7-4-8-13/h3,5-6,9,13-14H,4,7-8,10H2,1-2H3. The molecule has 2 nitrogen and oxygen atoms in total. The summed E-state index contributed by atoms with van der Waals surface area (Å²) in [6, 6.07) is 9.48. The third-order valence-corrected chi connectivity index (χ3v) is 3.35. The van der Waals surface area contributed by atoms with Crippen molar-refractivity contribution < 1.29 is 0 Å². The van der Waals surface area contributed by atoms with Gasteiger partial charge in [0.05, 0.1) is 0 Å². The summed E-state index contributed by atoms with van der Waals surface area (Å²) in [6.45, 7) is 1.07. The molecule has 15 heavy (non-hydrogen) atoms. The van der Waals surface area contributed by atoms with Crippen LogP contribution in [0.3, 0.4) is 0 Å². The minimum absolute atomic E-state index is 0.822. The lowest BCUT2D eigenvalue weighted by atomic mass is 9.91. The number of rotatable bonds is 4. The summed E-state index contributed by atoms with van der Waals surface area (Å²) >= 11 is 0. The fourth-order valence-electron chi connectivity index (χ4n) is 2.07. The molecule has 2 heteroatoms. The van der Waals surface area contributed by atoms with Crippen LogP contribution in [0.5, 0.6) is 0 Å². The third-order valence-electron chi connectivity index (χ3n) is 3.35. The van der Waals surface area contributed by atoms with E-state index in [9.17, 15) is 0 Å². The van der Waals surface area contributed by atoms with E-state index >= 15 is 0 Å². The predicted molar refractivity (Wildman–Crippen MR) is 65.1 cm³/mol. The zero-order valence-electron chi connectivity index (χ0n) is 9.66. The summed E-state index contributed by atoms with van der Waals surface area (Å²) in [5, 5.41) is 3.18. The largest absolute Gasteiger partial charge is 0.388 e. The van der Waals surface area contributed by atoms with E-state index in [1.807, 2.05) is 7.05 Å². The van der Waals surface area contributed by atoms with Gasteiger partial charge in [-0.05, 0) is 37.6 Å². The maximum atomic E-state index is 3.18. The molecule has 82 valence electrons. The average Bonchev–Trinajstić information content (AvgIpc) is 2.15. The molecule has 1 aromatic carbocycles. The molecule has 0 radical (unpaired) electrons. The molecule has 1 N–H and O–H groups in total. The van der Waals surface area contributed by atoms with Crippen molar-refractivity contribution in [1.29, 1.82) is 0 Å². The van der Waals surface area contributed by atoms with Crippen LogP contribution in [0.4, 0.5) is 5.69 Å². The second kappa shape index (κ2) is 4.67. The van der Waals surface area contributed by atoms with Gasteiger partial charge in [0.25, 0.3) is 0 Å². The Bertz CT molecular complexity index is 318. The van der Waals surface area contributed by atoms with Gasteiger partial charge in [-0.2, -0.15) is 0 Å². The van der Waals surface area contributed by atoms with Crippen LogP contribution in [0.2, 0.25) is 0 Å². The van der Waals surface area contributed by atoms with Crippen molar-refractivity contribution in [2.75, 3.05) is 19.4 Å². The van der Waals surface area contributed by atoms with E-state index in [2.05, 4.69) is 41.5 Å². The maximum absolute atomic E-state index is 3.18. The smallest absolute Gasteiger partial charge is 0.0340 e. The minimum Gasteiger partial charge on any atom is -0.388 e. The number of nitrogens with zero attached hydrogens (tertiary/aromatic N) is 1. The second-order valence-electron chi connectivity index (χ2n) is 4.45. The lowest BCUT2D eigenvalue weighted by Crippen LogP contribution is -2.36. The summed E-state index contributed by atoms with van der Waals surface area (Å²) in [5.41, 5.74) is 2.60. The zero-order valence-corrected chi connectivity index (χ0v) is 9.66. The molecule has 1 aliphatic rings. The van der Waals surface area contributed by atoms with Gasteiger partial charge in [0.2, 0.25) is 0 Å². The highest BCUT2D eigenvalue weighted by molar-refractivity contribution is 5.44. The Morgan fingerprint density at radius 2 is 2.20 bits per heavy atom. The highest BCUT2D eigenvalue weighted by Crippen LogP contribution is 2.25. The number of hydrogen-bond acceptors (Lipinski definition) is 2. The molecule has 0 atom stereocenters. The first-order valence-corrected chi connectivity index (χ1v) is 5.76. The second-order valence-corrected chi connectivity index (χ2v) is 4.45. The van der Waals surface area contributed by atoms with Crippen LogP contribution < -0.4 is 5.32 Å². The van der Waals surface area contributed by atoms with Crippen molar-refractivity contribution in [3.63, 3.8) is 0 Å². The maximum Gasteiger partial charge on any atom is 0.0340 e. The molecular weight excluding hydrogens is 184 g/mol. The van der Waals surface area contributed by atoms with Crippen LogP contribution in [0.1, 0.15) is 24.8 Å². The van der Waals surface area contributed by atoms with Crippen LogP contribution in [0.25, 0.3) is 0 Å². The first-order chi connectivity index (χ1) is 7.29. The molecular formula is C13H20N2. The normalized spacial score (nSPS) is 16.5. The highest BCUT2D eigenvalue weighted by Gasteiger charge is 2.21. The van der Waals surface area contributed by atoms with Gasteiger partial charge in [0, 0.05) is 25.3 Å². The molecule has 0 amide bonds. The van der Waals surface area contributed by atoms with E-state index < -0.39 is 0 Å². The Labute approximate surface area is 92.3 Å². The van der Waals surface area contributed by atoms with E-state index in [1.54, 1.807) is 0 Å². The SMILES string of the molecule is CNc1cccc(CN(C)C2CCC2)c1. The molecule has 0 unspecified atom stereocenters. The quantitative estimate of drug-likeness (QED) is 0.811. The highest BCUT2D eigenvalue weighted by atomic mass is 15.1. The number of benzene rings is 1. The van der Waals surface area contributed by atoms with Crippen LogP contribution in [0, 0.1) is 0 Å². The molecule has 0 aliphatic heterocycles. The summed E-state index contributed by atoms with van der Waals surface area (Å²) in [4.78, 5) is 2.47. The lowest BCUT2D eigenvalue weighted by Gasteiger charge is -2.34. The monoisotopic (exact) mass is 204 g/mol. The van der Waals surface area contributed by atoms with Crippen LogP contribution in [0.15, 0.2) is 24.3 Å². The molecule has 1 aromatic rings. The molecule has 1 aliphatic carbocycles. The van der Waals surface area contributed by atoms with Crippen molar-refractivity contribution in [1.82, 2.24) is 4.90 Å². The van der Waals surface area contributed by atoms with Gasteiger partial charge in [-0.15, -0.1) is 0 Å². The molecule has 0 aromatic heterocycles. The van der Waals surface area contributed by atoms with E-state index in [-0.39, 0.29) is 0 Å². The summed E-state index contributed by atoms with van der Waals surface area (Å²) in [6.07, 6.45) is 4.16. The Balaban J connectivity index is 1.96. The number of anilines is 1. The number of hydrogen-bond donors (Lipinski definition) is 1. The molecule has 0 spiro atoms. The third kappa shape index (κ3) is 2.51. The zero-order chi connectivity index (χ0) is 10.7. The van der Waals surface area contributed by atoms with Gasteiger partial charge in [-0.1, -0.05) is 18.6 Å². The van der Waals surface area contributed by atoms with Gasteiger partial charge in [0.15, 0.2) is 0 Å². The predicted octanol–water partition coefficient (Wildman–Crippen LogP) is 2.71. The van der Waals surface area contributed by atoms with Crippen molar-refractivity contribution in [3.8, 4) is 0 Å². The fraction of sp³-hybridized carbons (Fsp3) is 0.538. The lowest BCUT2D eigenvalue weighted by molar-refractivity contribution is 0.152. The summed E-state index contributed by atoms with van der Waals surface area (Å²) in [5.74, 6) is 0. The molecule has 0 saturated heterocycles. The van der Waals surface area contributed by atoms with Crippen molar-refractivity contribution in [3.05, 3.63) is 29.8 Å². The van der Waals surface area contributed by atoms with Gasteiger partial charge in [-0.25, -0.2) is 0 Å². The van der Waals surface area contributed by atoms with Gasteiger partial charge in [0.1, 0.15) is 0 Å². The van der Waals surface area contributed by atoms with Crippen molar-refractivity contribution in [2.45, 2.75) is 31.8 Å². The summed E-state index contributed by atoms with van der Waals surface area (Å²) < 4.78 is 0. The Hall–Kier alpha value is -1.02. The van der Waals surface area contributed by atoms with Gasteiger partial charge in [-0.3, -0.25) is 4.90 Å². The molecule has 0 bridgehead atoms. The van der Waals surface area contributed by atoms with Crippen LogP contribution in [-0.4, -0.2) is 25.0 Å². The molecule has 2 rings (SSSR count). The first-order valence-electron chi connectivity index (χ1n) is 5.76.